The minimum atomic E-state index is -1.64. The van der Waals surface area contributed by atoms with Crippen LogP contribution in [0.25, 0.3) is 5.76 Å². The first-order valence-corrected chi connectivity index (χ1v) is 4.23. The van der Waals surface area contributed by atoms with Crippen molar-refractivity contribution in [2.75, 3.05) is 0 Å². The summed E-state index contributed by atoms with van der Waals surface area (Å²) in [5.74, 6) is -3.29. The predicted octanol–water partition coefficient (Wildman–Crippen LogP) is 1.11. The fraction of sp³-hybridized carbons (Fsp3) is 0. The standard InChI is InChI=1S/C11H7NO4/c12-6-7-1-3-8(4-2-7)9(13)5-10(14)11(15)16/h1-5,13H,(H,15,16). The number of hydrogen-bond acceptors (Lipinski definition) is 4. The third-order valence-corrected chi connectivity index (χ3v) is 1.79. The predicted molar refractivity (Wildman–Crippen MR) is 54.4 cm³/mol. The van der Waals surface area contributed by atoms with Crippen LogP contribution in [-0.4, -0.2) is 22.0 Å². The number of hydrogen-bond donors (Lipinski definition) is 2. The van der Waals surface area contributed by atoms with Crippen molar-refractivity contribution in [3.8, 4) is 6.07 Å². The topological polar surface area (TPSA) is 98.4 Å². The van der Waals surface area contributed by atoms with Crippen LogP contribution >= 0.6 is 0 Å². The Labute approximate surface area is 90.9 Å². The van der Waals surface area contributed by atoms with Gasteiger partial charge in [0.05, 0.1) is 11.6 Å². The molecule has 1 aromatic carbocycles. The molecule has 0 saturated heterocycles. The van der Waals surface area contributed by atoms with Crippen LogP contribution in [-0.2, 0) is 9.59 Å². The fourth-order valence-corrected chi connectivity index (χ4v) is 0.985. The number of aliphatic carboxylic acids is 1. The molecule has 0 aliphatic carbocycles. The molecule has 0 aliphatic rings. The summed E-state index contributed by atoms with van der Waals surface area (Å²) in [7, 11) is 0. The van der Waals surface area contributed by atoms with E-state index in [1.54, 1.807) is 0 Å². The Bertz CT molecular complexity index is 494. The van der Waals surface area contributed by atoms with Crippen LogP contribution in [0.4, 0.5) is 0 Å². The Kier molecular flexibility index (Phi) is 3.41. The molecule has 1 rings (SSSR count). The van der Waals surface area contributed by atoms with Crippen LogP contribution in [0.5, 0.6) is 0 Å². The quantitative estimate of drug-likeness (QED) is 0.449. The van der Waals surface area contributed by atoms with E-state index >= 15 is 0 Å². The van der Waals surface area contributed by atoms with Crippen LogP contribution in [0, 0.1) is 11.3 Å². The van der Waals surface area contributed by atoms with Gasteiger partial charge in [-0.15, -0.1) is 0 Å². The Hall–Kier alpha value is -2.61. The van der Waals surface area contributed by atoms with E-state index in [0.29, 0.717) is 11.6 Å². The summed E-state index contributed by atoms with van der Waals surface area (Å²) in [6.07, 6.45) is 0.615. The van der Waals surface area contributed by atoms with Gasteiger partial charge in [0.2, 0.25) is 0 Å². The van der Waals surface area contributed by atoms with Gasteiger partial charge in [0.25, 0.3) is 5.78 Å². The van der Waals surface area contributed by atoms with E-state index in [-0.39, 0.29) is 5.56 Å². The molecular formula is C11H7NO4. The van der Waals surface area contributed by atoms with Crippen molar-refractivity contribution in [1.29, 1.82) is 5.26 Å². The zero-order chi connectivity index (χ0) is 12.1. The van der Waals surface area contributed by atoms with Gasteiger partial charge >= 0.3 is 5.97 Å². The van der Waals surface area contributed by atoms with Crippen LogP contribution in [0.1, 0.15) is 11.1 Å². The molecule has 0 aliphatic heterocycles. The van der Waals surface area contributed by atoms with E-state index in [2.05, 4.69) is 0 Å². The van der Waals surface area contributed by atoms with E-state index in [1.807, 2.05) is 6.07 Å². The summed E-state index contributed by atoms with van der Waals surface area (Å²) in [5, 5.41) is 26.2. The summed E-state index contributed by atoms with van der Waals surface area (Å²) >= 11 is 0. The van der Waals surface area contributed by atoms with Gasteiger partial charge in [0.1, 0.15) is 5.76 Å². The van der Waals surface area contributed by atoms with Crippen molar-refractivity contribution in [3.05, 3.63) is 41.5 Å². The van der Waals surface area contributed by atoms with Gasteiger partial charge < -0.3 is 10.2 Å². The Morgan fingerprint density at radius 3 is 2.19 bits per heavy atom. The number of benzene rings is 1. The van der Waals surface area contributed by atoms with Crippen molar-refractivity contribution < 1.29 is 19.8 Å². The third-order valence-electron chi connectivity index (χ3n) is 1.79. The van der Waals surface area contributed by atoms with E-state index in [9.17, 15) is 14.7 Å². The van der Waals surface area contributed by atoms with Crippen LogP contribution < -0.4 is 0 Å². The van der Waals surface area contributed by atoms with Crippen molar-refractivity contribution in [1.82, 2.24) is 0 Å². The lowest BCUT2D eigenvalue weighted by Gasteiger charge is -1.98. The summed E-state index contributed by atoms with van der Waals surface area (Å²) in [6, 6.07) is 7.62. The molecule has 2 N–H and O–H groups in total. The first kappa shape index (κ1) is 11.5. The molecule has 0 atom stereocenters. The third kappa shape index (κ3) is 2.69. The Morgan fingerprint density at radius 1 is 1.19 bits per heavy atom. The van der Waals surface area contributed by atoms with Gasteiger partial charge in [-0.25, -0.2) is 4.79 Å². The van der Waals surface area contributed by atoms with Gasteiger partial charge in [0.15, 0.2) is 0 Å². The molecule has 0 fully saturated rings. The van der Waals surface area contributed by atoms with Gasteiger partial charge in [-0.3, -0.25) is 4.79 Å². The first-order chi connectivity index (χ1) is 7.54. The minimum absolute atomic E-state index is 0.272. The molecule has 0 amide bonds. The van der Waals surface area contributed by atoms with E-state index in [4.69, 9.17) is 10.4 Å². The largest absolute Gasteiger partial charge is 0.507 e. The lowest BCUT2D eigenvalue weighted by atomic mass is 10.1. The number of ketones is 1. The number of carboxylic acids is 1. The summed E-state index contributed by atoms with van der Waals surface area (Å²) in [5.41, 5.74) is 0.676. The number of aliphatic hydroxyl groups excluding tert-OH is 1. The SMILES string of the molecule is N#Cc1ccc(C(O)=CC(=O)C(=O)O)cc1. The van der Waals surface area contributed by atoms with Gasteiger partial charge in [-0.1, -0.05) is 0 Å². The number of aliphatic hydroxyl groups is 1. The second kappa shape index (κ2) is 4.75. The number of nitriles is 1. The van der Waals surface area contributed by atoms with E-state index < -0.39 is 17.5 Å². The number of carboxylic acid groups (broad SMARTS) is 1. The number of carbonyl (C=O) groups excluding carboxylic acids is 1. The first-order valence-electron chi connectivity index (χ1n) is 4.23. The molecule has 0 heterocycles. The smallest absolute Gasteiger partial charge is 0.376 e. The molecule has 5 nitrogen and oxygen atoms in total. The lowest BCUT2D eigenvalue weighted by Crippen LogP contribution is -2.09. The molecule has 80 valence electrons. The Morgan fingerprint density at radius 2 is 1.75 bits per heavy atom. The molecular weight excluding hydrogens is 210 g/mol. The maximum absolute atomic E-state index is 10.8. The molecule has 0 aromatic heterocycles. The van der Waals surface area contributed by atoms with Gasteiger partial charge in [0, 0.05) is 11.6 Å². The zero-order valence-electron chi connectivity index (χ0n) is 8.04. The minimum Gasteiger partial charge on any atom is -0.507 e. The molecule has 0 saturated carbocycles. The van der Waals surface area contributed by atoms with Crippen molar-refractivity contribution >= 4 is 17.5 Å². The monoisotopic (exact) mass is 217 g/mol. The highest BCUT2D eigenvalue weighted by Gasteiger charge is 2.10. The zero-order valence-corrected chi connectivity index (χ0v) is 8.04. The molecule has 0 spiro atoms. The maximum atomic E-state index is 10.8. The number of nitrogens with zero attached hydrogens (tertiary/aromatic N) is 1. The average molecular weight is 217 g/mol. The summed E-state index contributed by atoms with van der Waals surface area (Å²) in [4.78, 5) is 21.0. The summed E-state index contributed by atoms with van der Waals surface area (Å²) < 4.78 is 0. The lowest BCUT2D eigenvalue weighted by molar-refractivity contribution is -0.146. The summed E-state index contributed by atoms with van der Waals surface area (Å²) in [6.45, 7) is 0. The van der Waals surface area contributed by atoms with Crippen molar-refractivity contribution in [2.45, 2.75) is 0 Å². The Balaban J connectivity index is 2.97. The number of carbonyl (C=O) groups is 2. The molecule has 16 heavy (non-hydrogen) atoms. The maximum Gasteiger partial charge on any atom is 0.376 e. The van der Waals surface area contributed by atoms with Crippen molar-refractivity contribution in [2.24, 2.45) is 0 Å². The van der Waals surface area contributed by atoms with E-state index in [1.165, 1.54) is 24.3 Å². The van der Waals surface area contributed by atoms with Gasteiger partial charge in [-0.2, -0.15) is 5.26 Å². The van der Waals surface area contributed by atoms with Crippen LogP contribution in [0.15, 0.2) is 30.3 Å². The number of rotatable bonds is 3. The molecule has 0 bridgehead atoms. The van der Waals surface area contributed by atoms with Gasteiger partial charge in [-0.05, 0) is 24.3 Å². The average Bonchev–Trinajstić information content (AvgIpc) is 2.28. The fourth-order valence-electron chi connectivity index (χ4n) is 0.985. The molecule has 1 aromatic rings. The van der Waals surface area contributed by atoms with Crippen LogP contribution in [0.3, 0.4) is 0 Å². The normalized spacial score (nSPS) is 10.6. The molecule has 0 unspecified atom stereocenters. The van der Waals surface area contributed by atoms with Crippen LogP contribution in [0.2, 0.25) is 0 Å². The van der Waals surface area contributed by atoms with E-state index in [0.717, 1.165) is 0 Å². The van der Waals surface area contributed by atoms with Crippen molar-refractivity contribution in [3.63, 3.8) is 0 Å². The highest BCUT2D eigenvalue weighted by molar-refractivity contribution is 6.38. The second-order valence-electron chi connectivity index (χ2n) is 2.89. The highest BCUT2D eigenvalue weighted by atomic mass is 16.4. The highest BCUT2D eigenvalue weighted by Crippen LogP contribution is 2.12. The molecule has 5 heteroatoms. The molecule has 0 radical (unpaired) electrons. The second-order valence-corrected chi connectivity index (χ2v) is 2.89.